The molecular formula is C16H14Cl2N4O. The topological polar surface area (TPSA) is 50.5 Å². The van der Waals surface area contributed by atoms with Crippen LogP contribution in [0.5, 0.6) is 0 Å². The summed E-state index contributed by atoms with van der Waals surface area (Å²) < 4.78 is 1.85. The Morgan fingerprint density at radius 1 is 1.13 bits per heavy atom. The van der Waals surface area contributed by atoms with Crippen molar-refractivity contribution < 1.29 is 4.79 Å². The average molecular weight is 349 g/mol. The molecule has 5 nitrogen and oxygen atoms in total. The first-order valence-electron chi connectivity index (χ1n) is 7.02. The van der Waals surface area contributed by atoms with E-state index in [2.05, 4.69) is 10.2 Å². The molecule has 3 aromatic rings. The fourth-order valence-electron chi connectivity index (χ4n) is 2.29. The summed E-state index contributed by atoms with van der Waals surface area (Å²) in [6, 6.07) is 10.9. The molecule has 0 radical (unpaired) electrons. The van der Waals surface area contributed by atoms with Crippen LogP contribution >= 0.6 is 23.2 Å². The van der Waals surface area contributed by atoms with Crippen LogP contribution in [-0.4, -0.2) is 32.5 Å². The summed E-state index contributed by atoms with van der Waals surface area (Å²) in [6.45, 7) is 0.353. The van der Waals surface area contributed by atoms with E-state index in [1.54, 1.807) is 30.1 Å². The van der Waals surface area contributed by atoms with Crippen molar-refractivity contribution in [2.75, 3.05) is 7.05 Å². The molecule has 0 N–H and O–H groups in total. The monoisotopic (exact) mass is 348 g/mol. The van der Waals surface area contributed by atoms with Crippen molar-refractivity contribution in [3.8, 4) is 0 Å². The maximum absolute atomic E-state index is 12.4. The molecule has 1 amide bonds. The molecule has 0 aliphatic carbocycles. The lowest BCUT2D eigenvalue weighted by Crippen LogP contribution is -2.28. The zero-order chi connectivity index (χ0) is 16.4. The number of pyridine rings is 1. The number of rotatable bonds is 4. The third kappa shape index (κ3) is 3.30. The number of likely N-dealkylation sites (N-methyl/N-ethyl adjacent to an activating group) is 1. The highest BCUT2D eigenvalue weighted by Gasteiger charge is 2.16. The summed E-state index contributed by atoms with van der Waals surface area (Å²) in [5, 5.41) is 9.19. The molecule has 3 rings (SSSR count). The number of hydrogen-bond acceptors (Lipinski definition) is 3. The lowest BCUT2D eigenvalue weighted by atomic mass is 10.1. The van der Waals surface area contributed by atoms with Gasteiger partial charge in [-0.25, -0.2) is 0 Å². The maximum Gasteiger partial charge on any atom is 0.227 e. The SMILES string of the molecule is CN(Cc1nnc2ccccn12)C(=O)Cc1c(Cl)cccc1Cl. The molecule has 0 atom stereocenters. The molecule has 2 aromatic heterocycles. The molecule has 0 saturated carbocycles. The Bertz CT molecular complexity index is 842. The highest BCUT2D eigenvalue weighted by Crippen LogP contribution is 2.25. The number of nitrogens with zero attached hydrogens (tertiary/aromatic N) is 4. The fraction of sp³-hybridized carbons (Fsp3) is 0.188. The second-order valence-corrected chi connectivity index (χ2v) is 5.99. The number of benzene rings is 1. The van der Waals surface area contributed by atoms with E-state index in [-0.39, 0.29) is 12.3 Å². The van der Waals surface area contributed by atoms with Crippen LogP contribution in [0.3, 0.4) is 0 Å². The second-order valence-electron chi connectivity index (χ2n) is 5.17. The molecule has 0 saturated heterocycles. The number of halogens is 2. The normalized spacial score (nSPS) is 10.9. The lowest BCUT2D eigenvalue weighted by Gasteiger charge is -2.17. The Labute approximate surface area is 143 Å². The zero-order valence-electron chi connectivity index (χ0n) is 12.4. The van der Waals surface area contributed by atoms with Gasteiger partial charge in [0.25, 0.3) is 0 Å². The van der Waals surface area contributed by atoms with E-state index in [9.17, 15) is 4.79 Å². The Balaban J connectivity index is 1.75. The summed E-state index contributed by atoms with van der Waals surface area (Å²) in [5.74, 6) is 0.606. The van der Waals surface area contributed by atoms with Gasteiger partial charge in [-0.1, -0.05) is 35.3 Å². The van der Waals surface area contributed by atoms with E-state index in [0.717, 1.165) is 5.65 Å². The van der Waals surface area contributed by atoms with Crippen molar-refractivity contribution in [1.82, 2.24) is 19.5 Å². The number of aromatic nitrogens is 3. The smallest absolute Gasteiger partial charge is 0.227 e. The van der Waals surface area contributed by atoms with Gasteiger partial charge in [0, 0.05) is 23.3 Å². The van der Waals surface area contributed by atoms with Crippen LogP contribution in [0.25, 0.3) is 5.65 Å². The predicted molar refractivity (Wildman–Crippen MR) is 89.6 cm³/mol. The Hall–Kier alpha value is -2.11. The molecular weight excluding hydrogens is 335 g/mol. The molecule has 0 aliphatic rings. The summed E-state index contributed by atoms with van der Waals surface area (Å²) in [4.78, 5) is 14.0. The van der Waals surface area contributed by atoms with Gasteiger partial charge in [0.15, 0.2) is 11.5 Å². The van der Waals surface area contributed by atoms with Crippen LogP contribution in [0.15, 0.2) is 42.6 Å². The average Bonchev–Trinajstić information content (AvgIpc) is 2.94. The predicted octanol–water partition coefficient (Wildman–Crippen LogP) is 3.24. The number of amides is 1. The number of fused-ring (bicyclic) bond motifs is 1. The first-order chi connectivity index (χ1) is 11.1. The minimum absolute atomic E-state index is 0.0901. The first kappa shape index (κ1) is 15.8. The number of carbonyl (C=O) groups excluding carboxylic acids is 1. The Kier molecular flexibility index (Phi) is 4.50. The van der Waals surface area contributed by atoms with Gasteiger partial charge in [-0.2, -0.15) is 0 Å². The fourth-order valence-corrected chi connectivity index (χ4v) is 2.82. The van der Waals surface area contributed by atoms with E-state index in [1.807, 2.05) is 28.8 Å². The van der Waals surface area contributed by atoms with Gasteiger partial charge in [-0.15, -0.1) is 10.2 Å². The van der Waals surface area contributed by atoms with Gasteiger partial charge in [0.2, 0.25) is 5.91 Å². The van der Waals surface area contributed by atoms with Gasteiger partial charge in [0.05, 0.1) is 13.0 Å². The van der Waals surface area contributed by atoms with Crippen molar-refractivity contribution in [3.63, 3.8) is 0 Å². The molecule has 0 spiro atoms. The summed E-state index contributed by atoms with van der Waals surface area (Å²) in [7, 11) is 1.72. The van der Waals surface area contributed by atoms with Gasteiger partial charge in [-0.05, 0) is 29.8 Å². The standard InChI is InChI=1S/C16H14Cl2N4O/c1-21(10-15-20-19-14-7-2-3-8-22(14)15)16(23)9-11-12(17)5-4-6-13(11)18/h2-8H,9-10H2,1H3. The van der Waals surface area contributed by atoms with Crippen molar-refractivity contribution in [2.24, 2.45) is 0 Å². The van der Waals surface area contributed by atoms with E-state index in [4.69, 9.17) is 23.2 Å². The van der Waals surface area contributed by atoms with E-state index in [0.29, 0.717) is 28.0 Å². The molecule has 1 aromatic carbocycles. The maximum atomic E-state index is 12.4. The van der Waals surface area contributed by atoms with Crippen LogP contribution in [0.4, 0.5) is 0 Å². The molecule has 118 valence electrons. The molecule has 0 bridgehead atoms. The van der Waals surface area contributed by atoms with Crippen LogP contribution in [0, 0.1) is 0 Å². The third-order valence-corrected chi connectivity index (χ3v) is 4.29. The van der Waals surface area contributed by atoms with Gasteiger partial charge in [-0.3, -0.25) is 9.20 Å². The van der Waals surface area contributed by atoms with E-state index < -0.39 is 0 Å². The molecule has 0 aliphatic heterocycles. The summed E-state index contributed by atoms with van der Waals surface area (Å²) >= 11 is 12.2. The number of carbonyl (C=O) groups is 1. The third-order valence-electron chi connectivity index (χ3n) is 3.58. The molecule has 23 heavy (non-hydrogen) atoms. The Morgan fingerprint density at radius 3 is 2.61 bits per heavy atom. The largest absolute Gasteiger partial charge is 0.338 e. The molecule has 2 heterocycles. The van der Waals surface area contributed by atoms with Crippen LogP contribution in [0.1, 0.15) is 11.4 Å². The molecule has 0 unspecified atom stereocenters. The quantitative estimate of drug-likeness (QED) is 0.727. The Morgan fingerprint density at radius 2 is 1.87 bits per heavy atom. The van der Waals surface area contributed by atoms with Crippen molar-refractivity contribution in [1.29, 1.82) is 0 Å². The highest BCUT2D eigenvalue weighted by atomic mass is 35.5. The minimum Gasteiger partial charge on any atom is -0.338 e. The zero-order valence-corrected chi connectivity index (χ0v) is 13.9. The molecule has 7 heteroatoms. The van der Waals surface area contributed by atoms with Crippen LogP contribution < -0.4 is 0 Å². The minimum atomic E-state index is -0.0901. The lowest BCUT2D eigenvalue weighted by molar-refractivity contribution is -0.129. The summed E-state index contributed by atoms with van der Waals surface area (Å²) in [6.07, 6.45) is 2.01. The van der Waals surface area contributed by atoms with E-state index in [1.165, 1.54) is 0 Å². The van der Waals surface area contributed by atoms with E-state index >= 15 is 0 Å². The van der Waals surface area contributed by atoms with Crippen LogP contribution in [-0.2, 0) is 17.8 Å². The van der Waals surface area contributed by atoms with Crippen molar-refractivity contribution in [2.45, 2.75) is 13.0 Å². The first-order valence-corrected chi connectivity index (χ1v) is 7.77. The van der Waals surface area contributed by atoms with Gasteiger partial charge >= 0.3 is 0 Å². The summed E-state index contributed by atoms with van der Waals surface area (Å²) in [5.41, 5.74) is 1.39. The van der Waals surface area contributed by atoms with Crippen LogP contribution in [0.2, 0.25) is 10.0 Å². The highest BCUT2D eigenvalue weighted by molar-refractivity contribution is 6.36. The van der Waals surface area contributed by atoms with Crippen molar-refractivity contribution >= 4 is 34.8 Å². The van der Waals surface area contributed by atoms with Gasteiger partial charge in [0.1, 0.15) is 0 Å². The van der Waals surface area contributed by atoms with Gasteiger partial charge < -0.3 is 4.90 Å². The number of hydrogen-bond donors (Lipinski definition) is 0. The molecule has 0 fully saturated rings. The second kappa shape index (κ2) is 6.56. The van der Waals surface area contributed by atoms with Crippen molar-refractivity contribution in [3.05, 3.63) is 64.0 Å².